The molecule has 0 bridgehead atoms. The van der Waals surface area contributed by atoms with E-state index in [4.69, 9.17) is 25.8 Å². The molecule has 0 aliphatic rings. The first-order chi connectivity index (χ1) is 15.0. The van der Waals surface area contributed by atoms with Crippen LogP contribution in [0.15, 0.2) is 60.7 Å². The Balaban J connectivity index is 0.000000451. The normalized spacial score (nSPS) is 10.6. The van der Waals surface area contributed by atoms with Gasteiger partial charge < -0.3 is 20.9 Å². The highest BCUT2D eigenvalue weighted by Gasteiger charge is 2.38. The Hall–Kier alpha value is -4.08. The first-order valence-electron chi connectivity index (χ1n) is 9.16. The van der Waals surface area contributed by atoms with Crippen molar-refractivity contribution >= 4 is 28.5 Å². The summed E-state index contributed by atoms with van der Waals surface area (Å²) in [5.41, 5.74) is 7.05. The van der Waals surface area contributed by atoms with E-state index >= 15 is 0 Å². The third-order valence-electron chi connectivity index (χ3n) is 4.20. The van der Waals surface area contributed by atoms with Crippen LogP contribution in [-0.4, -0.2) is 36.0 Å². The number of carbonyl (C=O) groups is 2. The molecule has 0 spiro atoms. The number of nitrogen functional groups attached to an aromatic ring is 1. The minimum atomic E-state index is -5.08. The van der Waals surface area contributed by atoms with E-state index in [1.165, 1.54) is 0 Å². The summed E-state index contributed by atoms with van der Waals surface area (Å²) >= 11 is 0. The van der Waals surface area contributed by atoms with Crippen LogP contribution >= 0.6 is 0 Å². The third kappa shape index (κ3) is 6.73. The lowest BCUT2D eigenvalue weighted by atomic mass is 10.1. The van der Waals surface area contributed by atoms with Gasteiger partial charge in [0.25, 0.3) is 0 Å². The van der Waals surface area contributed by atoms with E-state index in [2.05, 4.69) is 5.32 Å². The lowest BCUT2D eigenvalue weighted by molar-refractivity contribution is -0.192. The van der Waals surface area contributed by atoms with Crippen molar-refractivity contribution < 1.29 is 32.6 Å². The van der Waals surface area contributed by atoms with Crippen molar-refractivity contribution in [3.63, 3.8) is 0 Å². The predicted molar refractivity (Wildman–Crippen MR) is 113 cm³/mol. The number of benzene rings is 3. The number of hydrogen-bond acceptors (Lipinski definition) is 4. The molecule has 0 atom stereocenters. The molecule has 0 heterocycles. The minimum absolute atomic E-state index is 0.0466. The predicted octanol–water partition coefficient (Wildman–Crippen LogP) is 3.84. The molecule has 3 aromatic rings. The summed E-state index contributed by atoms with van der Waals surface area (Å²) in [4.78, 5) is 20.5. The molecule has 3 aromatic carbocycles. The van der Waals surface area contributed by atoms with Crippen LogP contribution in [0.1, 0.15) is 11.1 Å². The highest BCUT2D eigenvalue weighted by atomic mass is 19.4. The van der Waals surface area contributed by atoms with E-state index in [1.807, 2.05) is 60.7 Å². The number of alkyl halides is 3. The van der Waals surface area contributed by atoms with Gasteiger partial charge >= 0.3 is 12.1 Å². The largest absolute Gasteiger partial charge is 0.490 e. The van der Waals surface area contributed by atoms with Crippen molar-refractivity contribution in [3.8, 4) is 11.5 Å². The number of nitrogens with one attached hydrogen (secondary N) is 2. The maximum absolute atomic E-state index is 11.7. The van der Waals surface area contributed by atoms with E-state index in [9.17, 15) is 18.0 Å². The van der Waals surface area contributed by atoms with Crippen LogP contribution in [0.4, 0.5) is 13.2 Å². The maximum atomic E-state index is 11.7. The smallest absolute Gasteiger partial charge is 0.475 e. The second-order valence-corrected chi connectivity index (χ2v) is 6.50. The summed E-state index contributed by atoms with van der Waals surface area (Å²) in [6, 6.07) is 18.8. The van der Waals surface area contributed by atoms with Crippen molar-refractivity contribution in [1.82, 2.24) is 5.32 Å². The summed E-state index contributed by atoms with van der Waals surface area (Å²) < 4.78 is 37.7. The fourth-order valence-electron chi connectivity index (χ4n) is 2.59. The number of hydrogen-bond donors (Lipinski definition) is 4. The molecule has 10 heteroatoms. The van der Waals surface area contributed by atoms with Crippen LogP contribution in [0.25, 0.3) is 10.8 Å². The van der Waals surface area contributed by atoms with Gasteiger partial charge in [-0.05, 0) is 35.0 Å². The summed E-state index contributed by atoms with van der Waals surface area (Å²) in [6.07, 6.45) is -4.82. The van der Waals surface area contributed by atoms with Crippen LogP contribution < -0.4 is 15.8 Å². The second kappa shape index (κ2) is 10.3. The topological polar surface area (TPSA) is 126 Å². The number of amides is 1. The van der Waals surface area contributed by atoms with Crippen LogP contribution in [-0.2, 0) is 16.0 Å². The average Bonchev–Trinajstić information content (AvgIpc) is 2.74. The van der Waals surface area contributed by atoms with Gasteiger partial charge in [-0.15, -0.1) is 0 Å². The van der Waals surface area contributed by atoms with Gasteiger partial charge in [-0.3, -0.25) is 10.2 Å². The molecule has 0 radical (unpaired) electrons. The Labute approximate surface area is 181 Å². The van der Waals surface area contributed by atoms with Gasteiger partial charge in [-0.1, -0.05) is 36.4 Å². The molecule has 0 fully saturated rings. The van der Waals surface area contributed by atoms with Gasteiger partial charge in [0.15, 0.2) is 0 Å². The quantitative estimate of drug-likeness (QED) is 0.349. The van der Waals surface area contributed by atoms with Gasteiger partial charge in [-0.25, -0.2) is 4.79 Å². The lowest BCUT2D eigenvalue weighted by Gasteiger charge is -2.11. The maximum Gasteiger partial charge on any atom is 0.490 e. The molecular weight excluding hydrogens is 427 g/mol. The number of fused-ring (bicyclic) bond motifs is 1. The molecule has 0 unspecified atom stereocenters. The number of ether oxygens (including phenoxy) is 1. The minimum Gasteiger partial charge on any atom is -0.475 e. The molecule has 32 heavy (non-hydrogen) atoms. The summed E-state index contributed by atoms with van der Waals surface area (Å²) in [5, 5.41) is 19.2. The molecule has 5 N–H and O–H groups in total. The highest BCUT2D eigenvalue weighted by molar-refractivity contribution is 5.99. The Kier molecular flexibility index (Phi) is 7.78. The number of para-hydroxylation sites is 1. The molecule has 7 nitrogen and oxygen atoms in total. The standard InChI is InChI=1S/C20H19N3O2.C2HF3O2/c1-23-19(24)12-15-4-2-3-5-18(15)25-17-9-8-13-10-16(20(21)22)7-6-14(13)11-17;3-2(4,5)1(6)7/h2-11H,12H2,1H3,(H3,21,22)(H,23,24);(H,6,7). The van der Waals surface area contributed by atoms with E-state index < -0.39 is 12.1 Å². The Morgan fingerprint density at radius 1 is 1.06 bits per heavy atom. The van der Waals surface area contributed by atoms with Crippen molar-refractivity contribution in [2.75, 3.05) is 7.05 Å². The molecule has 0 aliphatic heterocycles. The Bertz CT molecular complexity index is 1150. The number of nitrogens with two attached hydrogens (primary N) is 1. The Morgan fingerprint density at radius 2 is 1.66 bits per heavy atom. The third-order valence-corrected chi connectivity index (χ3v) is 4.20. The van der Waals surface area contributed by atoms with Crippen LogP contribution in [0.3, 0.4) is 0 Å². The van der Waals surface area contributed by atoms with Crippen LogP contribution in [0, 0.1) is 5.41 Å². The monoisotopic (exact) mass is 447 g/mol. The highest BCUT2D eigenvalue weighted by Crippen LogP contribution is 2.29. The summed E-state index contributed by atoms with van der Waals surface area (Å²) in [6.45, 7) is 0. The fourth-order valence-corrected chi connectivity index (χ4v) is 2.59. The van der Waals surface area contributed by atoms with Gasteiger partial charge in [0.1, 0.15) is 17.3 Å². The van der Waals surface area contributed by atoms with Crippen LogP contribution in [0.2, 0.25) is 0 Å². The number of halogens is 3. The molecule has 3 rings (SSSR count). The second-order valence-electron chi connectivity index (χ2n) is 6.50. The van der Waals surface area contributed by atoms with Gasteiger partial charge in [0.05, 0.1) is 6.42 Å². The molecular formula is C22H20F3N3O4. The number of carboxylic acids is 1. The number of likely N-dealkylation sites (N-methyl/N-ethyl adjacent to an activating group) is 1. The first-order valence-corrected chi connectivity index (χ1v) is 9.16. The molecule has 0 saturated carbocycles. The summed E-state index contributed by atoms with van der Waals surface area (Å²) in [7, 11) is 1.62. The number of amidine groups is 1. The Morgan fingerprint density at radius 3 is 2.25 bits per heavy atom. The van der Waals surface area contributed by atoms with Crippen molar-refractivity contribution in [1.29, 1.82) is 5.41 Å². The van der Waals surface area contributed by atoms with Crippen LogP contribution in [0.5, 0.6) is 11.5 Å². The number of rotatable bonds is 5. The fraction of sp³-hybridized carbons (Fsp3) is 0.136. The van der Waals surface area contributed by atoms with Crippen molar-refractivity contribution in [2.24, 2.45) is 5.73 Å². The summed E-state index contributed by atoms with van der Waals surface area (Å²) in [5.74, 6) is -1.43. The van der Waals surface area contributed by atoms with E-state index in [-0.39, 0.29) is 18.2 Å². The molecule has 0 aliphatic carbocycles. The lowest BCUT2D eigenvalue weighted by Crippen LogP contribution is -2.21. The molecule has 0 saturated heterocycles. The zero-order chi connectivity index (χ0) is 23.9. The van der Waals surface area contributed by atoms with Crippen molar-refractivity contribution in [2.45, 2.75) is 12.6 Å². The van der Waals surface area contributed by atoms with Crippen molar-refractivity contribution in [3.05, 3.63) is 71.8 Å². The van der Waals surface area contributed by atoms with Gasteiger partial charge in [0.2, 0.25) is 5.91 Å². The van der Waals surface area contributed by atoms with E-state index in [0.717, 1.165) is 16.3 Å². The zero-order valence-corrected chi connectivity index (χ0v) is 16.9. The number of carboxylic acid groups (broad SMARTS) is 1. The zero-order valence-electron chi connectivity index (χ0n) is 16.9. The average molecular weight is 447 g/mol. The van der Waals surface area contributed by atoms with Gasteiger partial charge in [-0.2, -0.15) is 13.2 Å². The van der Waals surface area contributed by atoms with E-state index in [0.29, 0.717) is 17.1 Å². The molecule has 1 amide bonds. The SMILES string of the molecule is CNC(=O)Cc1ccccc1Oc1ccc2cc(C(=N)N)ccc2c1.O=C(O)C(F)(F)F. The molecule has 0 aromatic heterocycles. The number of carbonyl (C=O) groups excluding carboxylic acids is 1. The van der Waals surface area contributed by atoms with E-state index in [1.54, 1.807) is 7.05 Å². The molecule has 168 valence electrons. The number of aliphatic carboxylic acids is 1. The van der Waals surface area contributed by atoms with Gasteiger partial charge in [0, 0.05) is 18.2 Å². The first kappa shape index (κ1) is 24.2.